The second-order valence-corrected chi connectivity index (χ2v) is 2.80. The highest BCUT2D eigenvalue weighted by Crippen LogP contribution is 2.23. The number of rotatable bonds is 1. The van der Waals surface area contributed by atoms with Crippen molar-refractivity contribution in [3.8, 4) is 0 Å². The Labute approximate surface area is 55.0 Å². The topological polar surface area (TPSA) is 72.3 Å². The first kappa shape index (κ1) is 6.99. The van der Waals surface area contributed by atoms with E-state index >= 15 is 0 Å². The number of nitrogens with two attached hydrogens (primary N) is 2. The van der Waals surface area contributed by atoms with Crippen LogP contribution in [0.3, 0.4) is 0 Å². The van der Waals surface area contributed by atoms with Crippen LogP contribution in [0.25, 0.3) is 0 Å². The lowest BCUT2D eigenvalue weighted by Gasteiger charge is -2.04. The van der Waals surface area contributed by atoms with E-state index in [2.05, 4.69) is 0 Å². The molecule has 3 nitrogen and oxygen atoms in total. The molecule has 9 heavy (non-hydrogen) atoms. The van der Waals surface area contributed by atoms with Crippen molar-refractivity contribution in [2.24, 2.45) is 17.4 Å². The Morgan fingerprint density at radius 3 is 2.33 bits per heavy atom. The molecule has 0 spiro atoms. The van der Waals surface area contributed by atoms with E-state index in [0.29, 0.717) is 12.5 Å². The van der Waals surface area contributed by atoms with E-state index in [9.17, 15) is 0 Å². The molecule has 0 aromatic carbocycles. The van der Waals surface area contributed by atoms with Crippen LogP contribution in [-0.4, -0.2) is 23.8 Å². The van der Waals surface area contributed by atoms with Gasteiger partial charge in [0.1, 0.15) is 0 Å². The summed E-state index contributed by atoms with van der Waals surface area (Å²) in [5.74, 6) is 0.454. The lowest BCUT2D eigenvalue weighted by Crippen LogP contribution is -2.28. The first-order valence-corrected chi connectivity index (χ1v) is 3.37. The third-order valence-electron chi connectivity index (χ3n) is 2.01. The molecule has 1 fully saturated rings. The molecule has 5 N–H and O–H groups in total. The lowest BCUT2D eigenvalue weighted by atomic mass is 10.1. The van der Waals surface area contributed by atoms with E-state index < -0.39 is 0 Å². The van der Waals surface area contributed by atoms with Crippen LogP contribution in [0.2, 0.25) is 0 Å². The first-order valence-electron chi connectivity index (χ1n) is 3.37. The van der Waals surface area contributed by atoms with Gasteiger partial charge < -0.3 is 16.6 Å². The molecule has 0 aliphatic heterocycles. The number of hydrogen-bond donors (Lipinski definition) is 3. The molecule has 1 aliphatic carbocycles. The molecule has 0 amide bonds. The minimum absolute atomic E-state index is 0.0291. The van der Waals surface area contributed by atoms with Crippen molar-refractivity contribution in [2.45, 2.75) is 25.0 Å². The van der Waals surface area contributed by atoms with Gasteiger partial charge in [0.25, 0.3) is 0 Å². The minimum Gasteiger partial charge on any atom is -0.392 e. The summed E-state index contributed by atoms with van der Waals surface area (Å²) in [4.78, 5) is 0. The largest absolute Gasteiger partial charge is 0.392 e. The summed E-state index contributed by atoms with van der Waals surface area (Å²) in [6.45, 7) is 0.658. The second kappa shape index (κ2) is 2.64. The van der Waals surface area contributed by atoms with Crippen LogP contribution in [-0.2, 0) is 0 Å². The maximum atomic E-state index is 9.12. The van der Waals surface area contributed by atoms with Crippen molar-refractivity contribution in [1.29, 1.82) is 0 Å². The quantitative estimate of drug-likeness (QED) is 0.428. The molecule has 54 valence electrons. The standard InChI is InChI=1S/C6H14N2O/c7-3-4-1-5(8)6(9)2-4/h4-6,9H,1-3,7-8H2/t4-,5-,6+/m1/s1. The van der Waals surface area contributed by atoms with Gasteiger partial charge in [0.05, 0.1) is 6.10 Å². The lowest BCUT2D eigenvalue weighted by molar-refractivity contribution is 0.162. The number of hydrogen-bond acceptors (Lipinski definition) is 3. The summed E-state index contributed by atoms with van der Waals surface area (Å²) in [6.07, 6.45) is 1.37. The van der Waals surface area contributed by atoms with Crippen LogP contribution >= 0.6 is 0 Å². The Hall–Kier alpha value is -0.120. The molecule has 1 rings (SSSR count). The van der Waals surface area contributed by atoms with Gasteiger partial charge in [-0.2, -0.15) is 0 Å². The van der Waals surface area contributed by atoms with Crippen molar-refractivity contribution < 1.29 is 5.11 Å². The van der Waals surface area contributed by atoms with Gasteiger partial charge in [-0.1, -0.05) is 0 Å². The Morgan fingerprint density at radius 1 is 1.44 bits per heavy atom. The maximum Gasteiger partial charge on any atom is 0.0694 e. The number of aliphatic hydroxyl groups excluding tert-OH is 1. The van der Waals surface area contributed by atoms with Gasteiger partial charge in [-0.3, -0.25) is 0 Å². The van der Waals surface area contributed by atoms with E-state index in [1.807, 2.05) is 0 Å². The molecule has 0 bridgehead atoms. The third-order valence-corrected chi connectivity index (χ3v) is 2.01. The maximum absolute atomic E-state index is 9.12. The van der Waals surface area contributed by atoms with E-state index in [4.69, 9.17) is 16.6 Å². The fraction of sp³-hybridized carbons (Fsp3) is 1.00. The van der Waals surface area contributed by atoms with E-state index in [1.54, 1.807) is 0 Å². The monoisotopic (exact) mass is 130 g/mol. The SMILES string of the molecule is NC[C@@H]1C[C@@H](N)[C@@H](O)C1. The van der Waals surface area contributed by atoms with Crippen molar-refractivity contribution in [3.05, 3.63) is 0 Å². The smallest absolute Gasteiger partial charge is 0.0694 e. The van der Waals surface area contributed by atoms with Crippen LogP contribution < -0.4 is 11.5 Å². The minimum atomic E-state index is -0.307. The molecule has 0 aromatic rings. The van der Waals surface area contributed by atoms with Crippen molar-refractivity contribution >= 4 is 0 Å². The Balaban J connectivity index is 2.35. The van der Waals surface area contributed by atoms with E-state index in [0.717, 1.165) is 12.8 Å². The Kier molecular flexibility index (Phi) is 2.05. The van der Waals surface area contributed by atoms with Crippen molar-refractivity contribution in [3.63, 3.8) is 0 Å². The fourth-order valence-electron chi connectivity index (χ4n) is 1.35. The average molecular weight is 130 g/mol. The fourth-order valence-corrected chi connectivity index (χ4v) is 1.35. The summed E-state index contributed by atoms with van der Waals surface area (Å²) >= 11 is 0. The predicted molar refractivity (Wildman–Crippen MR) is 35.8 cm³/mol. The summed E-state index contributed by atoms with van der Waals surface area (Å²) < 4.78 is 0. The highest BCUT2D eigenvalue weighted by atomic mass is 16.3. The van der Waals surface area contributed by atoms with E-state index in [-0.39, 0.29) is 12.1 Å². The summed E-state index contributed by atoms with van der Waals surface area (Å²) in [5, 5.41) is 9.12. The molecule has 1 saturated carbocycles. The van der Waals surface area contributed by atoms with Crippen LogP contribution in [0.4, 0.5) is 0 Å². The average Bonchev–Trinajstić information content (AvgIpc) is 2.13. The summed E-state index contributed by atoms with van der Waals surface area (Å²) in [6, 6.07) is -0.0291. The third kappa shape index (κ3) is 1.41. The normalized spacial score (nSPS) is 43.7. The van der Waals surface area contributed by atoms with Crippen LogP contribution in [0.15, 0.2) is 0 Å². The van der Waals surface area contributed by atoms with Gasteiger partial charge >= 0.3 is 0 Å². The summed E-state index contributed by atoms with van der Waals surface area (Å²) in [5.41, 5.74) is 10.9. The van der Waals surface area contributed by atoms with Gasteiger partial charge in [0, 0.05) is 6.04 Å². The van der Waals surface area contributed by atoms with Gasteiger partial charge in [0.2, 0.25) is 0 Å². The van der Waals surface area contributed by atoms with Gasteiger partial charge in [0.15, 0.2) is 0 Å². The molecule has 0 radical (unpaired) electrons. The van der Waals surface area contributed by atoms with Crippen LogP contribution in [0.5, 0.6) is 0 Å². The molecule has 0 aromatic heterocycles. The van der Waals surface area contributed by atoms with Crippen molar-refractivity contribution in [1.82, 2.24) is 0 Å². The molecule has 3 heteroatoms. The van der Waals surface area contributed by atoms with Crippen molar-refractivity contribution in [2.75, 3.05) is 6.54 Å². The van der Waals surface area contributed by atoms with Gasteiger partial charge in [-0.25, -0.2) is 0 Å². The Morgan fingerprint density at radius 2 is 2.11 bits per heavy atom. The zero-order valence-electron chi connectivity index (χ0n) is 5.46. The molecule has 3 atom stereocenters. The highest BCUT2D eigenvalue weighted by molar-refractivity contribution is 4.85. The molecule has 0 saturated heterocycles. The number of aliphatic hydroxyl groups is 1. The molecule has 0 heterocycles. The van der Waals surface area contributed by atoms with Gasteiger partial charge in [-0.15, -0.1) is 0 Å². The second-order valence-electron chi connectivity index (χ2n) is 2.80. The van der Waals surface area contributed by atoms with Crippen LogP contribution in [0.1, 0.15) is 12.8 Å². The first-order chi connectivity index (χ1) is 4.24. The molecular weight excluding hydrogens is 116 g/mol. The zero-order chi connectivity index (χ0) is 6.85. The molecule has 0 unspecified atom stereocenters. The van der Waals surface area contributed by atoms with E-state index in [1.165, 1.54) is 0 Å². The molecule has 1 aliphatic rings. The summed E-state index contributed by atoms with van der Waals surface area (Å²) in [7, 11) is 0. The zero-order valence-corrected chi connectivity index (χ0v) is 5.46. The predicted octanol–water partition coefficient (Wildman–Crippen LogP) is -0.957. The van der Waals surface area contributed by atoms with Crippen LogP contribution in [0, 0.1) is 5.92 Å². The highest BCUT2D eigenvalue weighted by Gasteiger charge is 2.28. The molecular formula is C6H14N2O. The van der Waals surface area contributed by atoms with Gasteiger partial charge in [-0.05, 0) is 25.3 Å². The Bertz CT molecular complexity index is 87.1.